The summed E-state index contributed by atoms with van der Waals surface area (Å²) in [6, 6.07) is 1.19. The second-order valence-corrected chi connectivity index (χ2v) is 4.30. The highest BCUT2D eigenvalue weighted by molar-refractivity contribution is 5.09. The Bertz CT molecular complexity index is 212. The first kappa shape index (κ1) is 6.15. The quantitative estimate of drug-likeness (QED) is 0.506. The summed E-state index contributed by atoms with van der Waals surface area (Å²) >= 11 is 0. The van der Waals surface area contributed by atoms with Crippen LogP contribution in [0.2, 0.25) is 0 Å². The van der Waals surface area contributed by atoms with E-state index in [-0.39, 0.29) is 0 Å². The lowest BCUT2D eigenvalue weighted by Crippen LogP contribution is -2.48. The van der Waals surface area contributed by atoms with Gasteiger partial charge < -0.3 is 0 Å². The fourth-order valence-corrected chi connectivity index (χ4v) is 3.38. The van der Waals surface area contributed by atoms with E-state index in [1.54, 1.807) is 0 Å². The third-order valence-corrected chi connectivity index (χ3v) is 3.89. The Labute approximate surface area is 67.1 Å². The van der Waals surface area contributed by atoms with Crippen molar-refractivity contribution in [1.82, 2.24) is 0 Å². The summed E-state index contributed by atoms with van der Waals surface area (Å²) in [6.45, 7) is 2.22. The van der Waals surface area contributed by atoms with Crippen LogP contribution >= 0.6 is 0 Å². The summed E-state index contributed by atoms with van der Waals surface area (Å²) in [7, 11) is 0. The SMILES string of the molecule is C[C@@H]1N=N[C@@H]2[C@@H]3CCC[C@@H]3[C@H]21. The van der Waals surface area contributed by atoms with Gasteiger partial charge in [0.2, 0.25) is 0 Å². The first-order valence-corrected chi connectivity index (χ1v) is 4.78. The minimum Gasteiger partial charge on any atom is -0.190 e. The fourth-order valence-electron chi connectivity index (χ4n) is 3.38. The van der Waals surface area contributed by atoms with E-state index in [1.165, 1.54) is 19.3 Å². The Kier molecular flexibility index (Phi) is 1.03. The van der Waals surface area contributed by atoms with Gasteiger partial charge in [-0.2, -0.15) is 10.2 Å². The third-order valence-electron chi connectivity index (χ3n) is 3.89. The molecule has 2 heteroatoms. The van der Waals surface area contributed by atoms with E-state index in [0.29, 0.717) is 12.1 Å². The lowest BCUT2D eigenvalue weighted by Gasteiger charge is -2.43. The molecule has 0 aromatic carbocycles. The fraction of sp³-hybridized carbons (Fsp3) is 1.00. The predicted octanol–water partition coefficient (Wildman–Crippen LogP) is 2.26. The van der Waals surface area contributed by atoms with Crippen LogP contribution in [0.3, 0.4) is 0 Å². The molecule has 2 saturated carbocycles. The molecule has 2 fully saturated rings. The summed E-state index contributed by atoms with van der Waals surface area (Å²) in [6.07, 6.45) is 4.34. The number of hydrogen-bond acceptors (Lipinski definition) is 2. The molecule has 2 nitrogen and oxygen atoms in total. The second-order valence-electron chi connectivity index (χ2n) is 4.30. The van der Waals surface area contributed by atoms with E-state index in [4.69, 9.17) is 0 Å². The van der Waals surface area contributed by atoms with Gasteiger partial charge in [-0.15, -0.1) is 0 Å². The Morgan fingerprint density at radius 2 is 1.91 bits per heavy atom. The molecule has 1 heterocycles. The zero-order valence-electron chi connectivity index (χ0n) is 6.90. The molecule has 0 aromatic heterocycles. The van der Waals surface area contributed by atoms with E-state index in [9.17, 15) is 0 Å². The van der Waals surface area contributed by atoms with Crippen LogP contribution in [0.5, 0.6) is 0 Å². The number of nitrogens with zero attached hydrogens (tertiary/aromatic N) is 2. The molecule has 0 spiro atoms. The molecule has 0 aromatic rings. The van der Waals surface area contributed by atoms with Gasteiger partial charge in [0, 0.05) is 5.92 Å². The van der Waals surface area contributed by atoms with Crippen LogP contribution in [0.4, 0.5) is 0 Å². The zero-order chi connectivity index (χ0) is 7.42. The van der Waals surface area contributed by atoms with Gasteiger partial charge in [-0.25, -0.2) is 0 Å². The third kappa shape index (κ3) is 0.592. The summed E-state index contributed by atoms with van der Waals surface area (Å²) in [5.74, 6) is 2.79. The highest BCUT2D eigenvalue weighted by Gasteiger charge is 2.56. The van der Waals surface area contributed by atoms with Gasteiger partial charge in [-0.3, -0.25) is 0 Å². The highest BCUT2D eigenvalue weighted by atomic mass is 15.2. The average molecular weight is 150 g/mol. The van der Waals surface area contributed by atoms with Crippen molar-refractivity contribution in [2.45, 2.75) is 38.3 Å². The molecule has 1 aliphatic heterocycles. The van der Waals surface area contributed by atoms with Crippen molar-refractivity contribution in [2.75, 3.05) is 0 Å². The second kappa shape index (κ2) is 1.85. The lowest BCUT2D eigenvalue weighted by molar-refractivity contribution is 0.0742. The van der Waals surface area contributed by atoms with Gasteiger partial charge >= 0.3 is 0 Å². The smallest absolute Gasteiger partial charge is 0.0791 e. The number of hydrogen-bond donors (Lipinski definition) is 0. The van der Waals surface area contributed by atoms with Crippen molar-refractivity contribution in [3.63, 3.8) is 0 Å². The summed E-state index contributed by atoms with van der Waals surface area (Å²) in [5.41, 5.74) is 0. The average Bonchev–Trinajstić information content (AvgIpc) is 2.43. The van der Waals surface area contributed by atoms with Gasteiger partial charge in [0.05, 0.1) is 12.1 Å². The molecule has 3 rings (SSSR count). The molecule has 0 saturated heterocycles. The standard InChI is InChI=1S/C9H14N2/c1-5-8-6-3-2-4-7(6)9(8)11-10-5/h5-9H,2-4H2,1H3/t5-,6-,7+,8+,9+/m0/s1. The topological polar surface area (TPSA) is 24.7 Å². The number of rotatable bonds is 0. The van der Waals surface area contributed by atoms with Crippen LogP contribution in [0, 0.1) is 17.8 Å². The van der Waals surface area contributed by atoms with Crippen molar-refractivity contribution in [3.8, 4) is 0 Å². The largest absolute Gasteiger partial charge is 0.190 e. The molecule has 11 heavy (non-hydrogen) atoms. The van der Waals surface area contributed by atoms with Crippen LogP contribution < -0.4 is 0 Å². The van der Waals surface area contributed by atoms with Crippen LogP contribution in [-0.4, -0.2) is 12.1 Å². The Hall–Kier alpha value is -0.400. The van der Waals surface area contributed by atoms with E-state index in [0.717, 1.165) is 17.8 Å². The Morgan fingerprint density at radius 3 is 2.82 bits per heavy atom. The number of azo groups is 1. The lowest BCUT2D eigenvalue weighted by atomic mass is 9.61. The van der Waals surface area contributed by atoms with Crippen molar-refractivity contribution in [2.24, 2.45) is 28.0 Å². The Balaban J connectivity index is 1.88. The van der Waals surface area contributed by atoms with E-state index >= 15 is 0 Å². The predicted molar refractivity (Wildman–Crippen MR) is 42.4 cm³/mol. The first-order chi connectivity index (χ1) is 5.38. The normalized spacial score (nSPS) is 58.8. The van der Waals surface area contributed by atoms with Gasteiger partial charge in [0.15, 0.2) is 0 Å². The number of fused-ring (bicyclic) bond motifs is 4. The van der Waals surface area contributed by atoms with Crippen molar-refractivity contribution in [3.05, 3.63) is 0 Å². The van der Waals surface area contributed by atoms with Gasteiger partial charge in [-0.05, 0) is 31.6 Å². The molecular formula is C9H14N2. The zero-order valence-corrected chi connectivity index (χ0v) is 6.90. The van der Waals surface area contributed by atoms with Crippen LogP contribution in [0.25, 0.3) is 0 Å². The van der Waals surface area contributed by atoms with Gasteiger partial charge in [0.25, 0.3) is 0 Å². The molecule has 2 aliphatic carbocycles. The van der Waals surface area contributed by atoms with Crippen molar-refractivity contribution >= 4 is 0 Å². The van der Waals surface area contributed by atoms with Crippen molar-refractivity contribution in [1.29, 1.82) is 0 Å². The van der Waals surface area contributed by atoms with Crippen LogP contribution in [0.15, 0.2) is 10.2 Å². The van der Waals surface area contributed by atoms with Crippen molar-refractivity contribution < 1.29 is 0 Å². The molecular weight excluding hydrogens is 136 g/mol. The first-order valence-electron chi connectivity index (χ1n) is 4.78. The molecule has 0 N–H and O–H groups in total. The summed E-state index contributed by atoms with van der Waals surface area (Å²) < 4.78 is 0. The molecule has 0 unspecified atom stereocenters. The van der Waals surface area contributed by atoms with Gasteiger partial charge in [-0.1, -0.05) is 6.42 Å². The molecule has 5 atom stereocenters. The molecule has 0 amide bonds. The highest BCUT2D eigenvalue weighted by Crippen LogP contribution is 2.56. The summed E-state index contributed by atoms with van der Waals surface area (Å²) in [5, 5.41) is 8.62. The van der Waals surface area contributed by atoms with Gasteiger partial charge in [0.1, 0.15) is 0 Å². The molecule has 3 aliphatic rings. The minimum atomic E-state index is 0.541. The van der Waals surface area contributed by atoms with Crippen LogP contribution in [0.1, 0.15) is 26.2 Å². The van der Waals surface area contributed by atoms with E-state index < -0.39 is 0 Å². The summed E-state index contributed by atoms with van der Waals surface area (Å²) in [4.78, 5) is 0. The molecule has 60 valence electrons. The van der Waals surface area contributed by atoms with E-state index in [1.807, 2.05) is 0 Å². The van der Waals surface area contributed by atoms with E-state index in [2.05, 4.69) is 17.2 Å². The molecule has 0 radical (unpaired) electrons. The Morgan fingerprint density at radius 1 is 1.09 bits per heavy atom. The maximum Gasteiger partial charge on any atom is 0.0791 e. The minimum absolute atomic E-state index is 0.541. The maximum atomic E-state index is 4.35. The maximum absolute atomic E-state index is 4.35. The molecule has 0 bridgehead atoms. The van der Waals surface area contributed by atoms with Crippen LogP contribution in [-0.2, 0) is 0 Å². The monoisotopic (exact) mass is 150 g/mol.